The third-order valence-electron chi connectivity index (χ3n) is 7.93. The van der Waals surface area contributed by atoms with Gasteiger partial charge in [-0.1, -0.05) is 23.7 Å². The lowest BCUT2D eigenvalue weighted by Gasteiger charge is -2.34. The molecule has 1 atom stereocenters. The van der Waals surface area contributed by atoms with E-state index in [9.17, 15) is 9.59 Å². The van der Waals surface area contributed by atoms with Crippen LogP contribution in [-0.2, 0) is 4.74 Å². The number of ether oxygens (including phenoxy) is 3. The Balaban J connectivity index is 1.50. The number of benzene rings is 1. The molecule has 3 aromatic rings. The highest BCUT2D eigenvalue weighted by Crippen LogP contribution is 2.44. The maximum atomic E-state index is 14.1. The van der Waals surface area contributed by atoms with Crippen molar-refractivity contribution in [2.24, 2.45) is 5.92 Å². The van der Waals surface area contributed by atoms with Crippen molar-refractivity contribution in [2.75, 3.05) is 27.4 Å². The van der Waals surface area contributed by atoms with E-state index in [1.54, 1.807) is 13.1 Å². The number of fused-ring (bicyclic) bond motifs is 1. The second-order valence-corrected chi connectivity index (χ2v) is 11.3. The van der Waals surface area contributed by atoms with Gasteiger partial charge in [0, 0.05) is 29.8 Å². The fourth-order valence-corrected chi connectivity index (χ4v) is 6.14. The van der Waals surface area contributed by atoms with Gasteiger partial charge in [0.25, 0.3) is 5.91 Å². The summed E-state index contributed by atoms with van der Waals surface area (Å²) < 4.78 is 17.9. The number of imidazole rings is 1. The Morgan fingerprint density at radius 1 is 1.10 bits per heavy atom. The molecule has 5 rings (SSSR count). The normalized spacial score (nSPS) is 20.0. The molecule has 3 heterocycles. The monoisotopic (exact) mass is 596 g/mol. The van der Waals surface area contributed by atoms with Gasteiger partial charge in [0.05, 0.1) is 32.1 Å². The molecule has 0 saturated heterocycles. The Kier molecular flexibility index (Phi) is 8.86. The smallest absolute Gasteiger partial charge is 0.407 e. The maximum absolute atomic E-state index is 14.1. The molecular weight excluding hydrogens is 560 g/mol. The van der Waals surface area contributed by atoms with Crippen LogP contribution < -0.4 is 14.8 Å². The van der Waals surface area contributed by atoms with Gasteiger partial charge in [-0.05, 0) is 70.1 Å². The summed E-state index contributed by atoms with van der Waals surface area (Å²) in [5.74, 6) is 1.04. The number of halogens is 1. The average molecular weight is 597 g/mol. The minimum atomic E-state index is -0.375. The lowest BCUT2D eigenvalue weighted by Crippen LogP contribution is -2.41. The van der Waals surface area contributed by atoms with Crippen LogP contribution in [-0.4, -0.2) is 69.8 Å². The number of hydrogen-bond donors (Lipinski definition) is 1. The van der Waals surface area contributed by atoms with Gasteiger partial charge in [-0.2, -0.15) is 4.98 Å². The van der Waals surface area contributed by atoms with E-state index in [2.05, 4.69) is 33.7 Å². The van der Waals surface area contributed by atoms with Gasteiger partial charge in [-0.25, -0.2) is 14.8 Å². The molecule has 1 aliphatic carbocycles. The first-order chi connectivity index (χ1) is 20.2. The third-order valence-corrected chi connectivity index (χ3v) is 8.18. The van der Waals surface area contributed by atoms with Gasteiger partial charge in [-0.3, -0.25) is 4.79 Å². The lowest BCUT2D eigenvalue weighted by molar-refractivity contribution is 0.0689. The molecular formula is C30H37ClN6O5. The Morgan fingerprint density at radius 2 is 1.81 bits per heavy atom. The lowest BCUT2D eigenvalue weighted by atomic mass is 9.85. The quantitative estimate of drug-likeness (QED) is 0.346. The highest BCUT2D eigenvalue weighted by Gasteiger charge is 2.45. The van der Waals surface area contributed by atoms with E-state index < -0.39 is 0 Å². The predicted molar refractivity (Wildman–Crippen MR) is 157 cm³/mol. The van der Waals surface area contributed by atoms with Gasteiger partial charge in [0.1, 0.15) is 11.9 Å². The van der Waals surface area contributed by atoms with Crippen molar-refractivity contribution in [3.05, 3.63) is 52.4 Å². The number of rotatable bonds is 9. The minimum Gasteiger partial charge on any atom is -0.480 e. The van der Waals surface area contributed by atoms with Gasteiger partial charge >= 0.3 is 12.1 Å². The fraction of sp³-hybridized carbons (Fsp3) is 0.500. The summed E-state index contributed by atoms with van der Waals surface area (Å²) in [6, 6.07) is 7.51. The number of methoxy groups -OCH3 is 2. The number of nitrogens with one attached hydrogen (secondary N) is 1. The molecule has 1 aliphatic heterocycles. The highest BCUT2D eigenvalue weighted by molar-refractivity contribution is 6.30. The maximum Gasteiger partial charge on any atom is 0.407 e. The van der Waals surface area contributed by atoms with E-state index in [0.29, 0.717) is 41.1 Å². The first-order valence-corrected chi connectivity index (χ1v) is 14.7. The van der Waals surface area contributed by atoms with E-state index in [0.717, 1.165) is 36.9 Å². The van der Waals surface area contributed by atoms with Crippen molar-refractivity contribution < 1.29 is 23.8 Å². The molecule has 224 valence electrons. The zero-order valence-electron chi connectivity index (χ0n) is 24.6. The standard InChI is InChI=1S/C30H37ClN6O5/c1-6-42-30(39)33-21-13-7-18(8-14-21)16-36-24(19-9-11-20(31)12-10-19)25-23(28(36)38)34-26(37(25)17(2)3)22-15-32-29(41-5)35-27(22)40-4/h9-12,15,17-18,21,24H,6-8,13-14,16H2,1-5H3,(H,33,39). The molecule has 0 bridgehead atoms. The number of aromatic nitrogens is 4. The van der Waals surface area contributed by atoms with E-state index in [-0.39, 0.29) is 42.1 Å². The van der Waals surface area contributed by atoms with Crippen LogP contribution in [0.5, 0.6) is 11.9 Å². The predicted octanol–water partition coefficient (Wildman–Crippen LogP) is 5.44. The van der Waals surface area contributed by atoms with Crippen molar-refractivity contribution in [3.63, 3.8) is 0 Å². The summed E-state index contributed by atoms with van der Waals surface area (Å²) in [6.45, 7) is 6.84. The summed E-state index contributed by atoms with van der Waals surface area (Å²) in [6.07, 6.45) is 4.69. The SMILES string of the molecule is CCOC(=O)NC1CCC(CN2C(=O)c3nc(-c4cnc(OC)nc4OC)n(C(C)C)c3C2c2ccc(Cl)cc2)CC1. The molecule has 1 N–H and O–H groups in total. The molecule has 2 amide bonds. The largest absolute Gasteiger partial charge is 0.480 e. The molecule has 42 heavy (non-hydrogen) atoms. The number of alkyl carbamates (subject to hydrolysis) is 1. The zero-order chi connectivity index (χ0) is 30.0. The van der Waals surface area contributed by atoms with Crippen molar-refractivity contribution in [3.8, 4) is 23.3 Å². The van der Waals surface area contributed by atoms with Crippen LogP contribution in [0.3, 0.4) is 0 Å². The van der Waals surface area contributed by atoms with E-state index in [4.69, 9.17) is 30.8 Å². The average Bonchev–Trinajstić information content (AvgIpc) is 3.49. The van der Waals surface area contributed by atoms with E-state index in [1.165, 1.54) is 14.2 Å². The summed E-state index contributed by atoms with van der Waals surface area (Å²) in [7, 11) is 3.02. The molecule has 1 saturated carbocycles. The number of carbonyl (C=O) groups excluding carboxylic acids is 2. The van der Waals surface area contributed by atoms with Crippen molar-refractivity contribution in [2.45, 2.75) is 64.6 Å². The topological polar surface area (TPSA) is 121 Å². The van der Waals surface area contributed by atoms with Gasteiger partial charge in [0.2, 0.25) is 5.88 Å². The number of nitrogens with zero attached hydrogens (tertiary/aromatic N) is 5. The van der Waals surface area contributed by atoms with Crippen LogP contribution in [0.4, 0.5) is 4.79 Å². The molecule has 1 fully saturated rings. The van der Waals surface area contributed by atoms with E-state index >= 15 is 0 Å². The van der Waals surface area contributed by atoms with Crippen molar-refractivity contribution in [1.29, 1.82) is 0 Å². The van der Waals surface area contributed by atoms with Gasteiger partial charge < -0.3 is 29.0 Å². The molecule has 2 aliphatic rings. The van der Waals surface area contributed by atoms with Gasteiger partial charge in [0.15, 0.2) is 5.69 Å². The number of amides is 2. The molecule has 11 nitrogen and oxygen atoms in total. The molecule has 2 aromatic heterocycles. The summed E-state index contributed by atoms with van der Waals surface area (Å²) in [5, 5.41) is 3.58. The summed E-state index contributed by atoms with van der Waals surface area (Å²) in [5.41, 5.74) is 2.76. The third kappa shape index (κ3) is 5.74. The highest BCUT2D eigenvalue weighted by atomic mass is 35.5. The van der Waals surface area contributed by atoms with Crippen LogP contribution in [0.2, 0.25) is 5.02 Å². The first-order valence-electron chi connectivity index (χ1n) is 14.3. The number of carbonyl (C=O) groups is 2. The minimum absolute atomic E-state index is 0.0324. The van der Waals surface area contributed by atoms with Crippen molar-refractivity contribution in [1.82, 2.24) is 29.7 Å². The first kappa shape index (κ1) is 29.6. The van der Waals surface area contributed by atoms with Gasteiger partial charge in [-0.15, -0.1) is 0 Å². The second kappa shape index (κ2) is 12.6. The number of hydrogen-bond acceptors (Lipinski definition) is 8. The fourth-order valence-electron chi connectivity index (χ4n) is 6.01. The molecule has 1 aromatic carbocycles. The molecule has 0 radical (unpaired) electrons. The Hall–Kier alpha value is -3.86. The Labute approximate surface area is 250 Å². The van der Waals surface area contributed by atoms with Crippen LogP contribution >= 0.6 is 11.6 Å². The second-order valence-electron chi connectivity index (χ2n) is 10.9. The molecule has 0 spiro atoms. The Bertz CT molecular complexity index is 1430. The van der Waals surface area contributed by atoms with E-state index in [1.807, 2.05) is 29.2 Å². The molecule has 12 heteroatoms. The van der Waals surface area contributed by atoms with Crippen LogP contribution in [0.15, 0.2) is 30.5 Å². The molecule has 1 unspecified atom stereocenters. The zero-order valence-corrected chi connectivity index (χ0v) is 25.3. The summed E-state index contributed by atoms with van der Waals surface area (Å²) >= 11 is 6.26. The van der Waals surface area contributed by atoms with Crippen LogP contribution in [0, 0.1) is 5.92 Å². The summed E-state index contributed by atoms with van der Waals surface area (Å²) in [4.78, 5) is 41.5. The van der Waals surface area contributed by atoms with Crippen LogP contribution in [0.25, 0.3) is 11.4 Å². The van der Waals surface area contributed by atoms with Crippen molar-refractivity contribution >= 4 is 23.6 Å². The van der Waals surface area contributed by atoms with Crippen LogP contribution in [0.1, 0.15) is 80.3 Å². The Morgan fingerprint density at radius 3 is 2.43 bits per heavy atom.